The Morgan fingerprint density at radius 1 is 0.571 bits per heavy atom. The zero-order chi connectivity index (χ0) is 19.9. The average molecular weight is 382 g/mol. The van der Waals surface area contributed by atoms with Crippen LogP contribution >= 0.6 is 0 Å². The Bertz CT molecular complexity index is 644. The van der Waals surface area contributed by atoms with Crippen LogP contribution in [0.25, 0.3) is 11.1 Å². The van der Waals surface area contributed by atoms with E-state index >= 15 is 0 Å². The van der Waals surface area contributed by atoms with Gasteiger partial charge in [-0.2, -0.15) is 0 Å². The molecule has 0 atom stereocenters. The van der Waals surface area contributed by atoms with E-state index in [0.29, 0.717) is 39.6 Å². The second kappa shape index (κ2) is 13.6. The van der Waals surface area contributed by atoms with Crippen molar-refractivity contribution in [3.05, 3.63) is 84.3 Å². The molecule has 0 aliphatic heterocycles. The Balaban J connectivity index is 1.43. The van der Waals surface area contributed by atoms with Crippen LogP contribution in [-0.4, -0.2) is 39.6 Å². The van der Waals surface area contributed by atoms with E-state index in [1.54, 1.807) is 12.5 Å². The maximum absolute atomic E-state index is 5.51. The first-order chi connectivity index (χ1) is 13.8. The molecule has 0 aliphatic rings. The lowest BCUT2D eigenvalue weighted by Crippen LogP contribution is -2.10. The Kier molecular flexibility index (Phi) is 10.5. The Labute approximate surface area is 168 Å². The molecule has 28 heavy (non-hydrogen) atoms. The van der Waals surface area contributed by atoms with Crippen LogP contribution < -0.4 is 0 Å². The SMILES string of the molecule is C/C(=C\OCCOCCOCCO/C=C(\C)c1ccccc1)c1ccccc1. The second-order valence-corrected chi connectivity index (χ2v) is 6.30. The summed E-state index contributed by atoms with van der Waals surface area (Å²) in [4.78, 5) is 0. The molecule has 0 spiro atoms. The van der Waals surface area contributed by atoms with Crippen LogP contribution in [0.5, 0.6) is 0 Å². The van der Waals surface area contributed by atoms with Gasteiger partial charge in [0.15, 0.2) is 0 Å². The summed E-state index contributed by atoms with van der Waals surface area (Å²) in [7, 11) is 0. The predicted molar refractivity (Wildman–Crippen MR) is 114 cm³/mol. The minimum absolute atomic E-state index is 0.525. The number of hydrogen-bond donors (Lipinski definition) is 0. The Morgan fingerprint density at radius 2 is 0.929 bits per heavy atom. The zero-order valence-corrected chi connectivity index (χ0v) is 16.8. The maximum atomic E-state index is 5.51. The molecule has 0 saturated heterocycles. The number of hydrogen-bond acceptors (Lipinski definition) is 4. The van der Waals surface area contributed by atoms with Crippen LogP contribution in [0, 0.1) is 0 Å². The molecule has 0 unspecified atom stereocenters. The highest BCUT2D eigenvalue weighted by Gasteiger charge is 1.96. The second-order valence-electron chi connectivity index (χ2n) is 6.30. The molecule has 0 radical (unpaired) electrons. The van der Waals surface area contributed by atoms with Gasteiger partial charge in [-0.25, -0.2) is 0 Å². The van der Waals surface area contributed by atoms with Gasteiger partial charge in [0.1, 0.15) is 13.2 Å². The van der Waals surface area contributed by atoms with Crippen molar-refractivity contribution >= 4 is 11.1 Å². The quantitative estimate of drug-likeness (QED) is 0.354. The molecule has 150 valence electrons. The molecule has 0 fully saturated rings. The summed E-state index contributed by atoms with van der Waals surface area (Å²) >= 11 is 0. The number of ether oxygens (including phenoxy) is 4. The largest absolute Gasteiger partial charge is 0.498 e. The van der Waals surface area contributed by atoms with Crippen LogP contribution in [0.1, 0.15) is 25.0 Å². The van der Waals surface area contributed by atoms with Crippen LogP contribution in [0.3, 0.4) is 0 Å². The van der Waals surface area contributed by atoms with Crippen molar-refractivity contribution < 1.29 is 18.9 Å². The van der Waals surface area contributed by atoms with E-state index in [2.05, 4.69) is 24.3 Å². The van der Waals surface area contributed by atoms with Crippen molar-refractivity contribution in [3.63, 3.8) is 0 Å². The molecule has 0 saturated carbocycles. The van der Waals surface area contributed by atoms with E-state index in [1.165, 1.54) is 0 Å². The van der Waals surface area contributed by atoms with E-state index in [0.717, 1.165) is 22.3 Å². The summed E-state index contributed by atoms with van der Waals surface area (Å²) in [5, 5.41) is 0. The topological polar surface area (TPSA) is 36.9 Å². The van der Waals surface area contributed by atoms with Crippen molar-refractivity contribution in [3.8, 4) is 0 Å². The van der Waals surface area contributed by atoms with Crippen molar-refractivity contribution in [1.82, 2.24) is 0 Å². The monoisotopic (exact) mass is 382 g/mol. The fourth-order valence-corrected chi connectivity index (χ4v) is 2.44. The maximum Gasteiger partial charge on any atom is 0.111 e. The third-order valence-electron chi connectivity index (χ3n) is 4.04. The first-order valence-electron chi connectivity index (χ1n) is 9.60. The van der Waals surface area contributed by atoms with Gasteiger partial charge in [0.2, 0.25) is 0 Å². The molecular weight excluding hydrogens is 352 g/mol. The summed E-state index contributed by atoms with van der Waals surface area (Å²) < 4.78 is 22.0. The smallest absolute Gasteiger partial charge is 0.111 e. The van der Waals surface area contributed by atoms with E-state index in [1.807, 2.05) is 50.2 Å². The molecule has 2 aromatic rings. The molecule has 2 aromatic carbocycles. The number of rotatable bonds is 13. The van der Waals surface area contributed by atoms with Gasteiger partial charge in [-0.05, 0) is 36.1 Å². The highest BCUT2D eigenvalue weighted by molar-refractivity contribution is 5.62. The summed E-state index contributed by atoms with van der Waals surface area (Å²) in [5.74, 6) is 0. The fraction of sp³-hybridized carbons (Fsp3) is 0.333. The minimum Gasteiger partial charge on any atom is -0.498 e. The summed E-state index contributed by atoms with van der Waals surface area (Å²) in [5.41, 5.74) is 4.52. The van der Waals surface area contributed by atoms with Crippen LogP contribution in [0.15, 0.2) is 73.2 Å². The van der Waals surface area contributed by atoms with Gasteiger partial charge in [0.05, 0.1) is 39.0 Å². The Hall–Kier alpha value is -2.56. The van der Waals surface area contributed by atoms with Crippen LogP contribution in [0.4, 0.5) is 0 Å². The highest BCUT2D eigenvalue weighted by Crippen LogP contribution is 2.13. The number of allylic oxidation sites excluding steroid dienone is 2. The lowest BCUT2D eigenvalue weighted by molar-refractivity contribution is 0.0187. The summed E-state index contributed by atoms with van der Waals surface area (Å²) in [6.07, 6.45) is 3.55. The van der Waals surface area contributed by atoms with E-state index < -0.39 is 0 Å². The van der Waals surface area contributed by atoms with Gasteiger partial charge < -0.3 is 18.9 Å². The van der Waals surface area contributed by atoms with Crippen molar-refractivity contribution in [2.45, 2.75) is 13.8 Å². The van der Waals surface area contributed by atoms with Crippen molar-refractivity contribution in [1.29, 1.82) is 0 Å². The fourth-order valence-electron chi connectivity index (χ4n) is 2.44. The highest BCUT2D eigenvalue weighted by atomic mass is 16.6. The summed E-state index contributed by atoms with van der Waals surface area (Å²) in [6, 6.07) is 20.3. The molecule has 0 amide bonds. The molecule has 0 aromatic heterocycles. The van der Waals surface area contributed by atoms with Crippen LogP contribution in [-0.2, 0) is 18.9 Å². The van der Waals surface area contributed by atoms with Crippen molar-refractivity contribution in [2.24, 2.45) is 0 Å². The van der Waals surface area contributed by atoms with Gasteiger partial charge in [0.25, 0.3) is 0 Å². The van der Waals surface area contributed by atoms with Crippen molar-refractivity contribution in [2.75, 3.05) is 39.6 Å². The van der Waals surface area contributed by atoms with Crippen LogP contribution in [0.2, 0.25) is 0 Å². The standard InChI is InChI=1S/C24H30O4/c1-21(23-9-5-3-6-10-23)19-27-17-15-25-13-14-26-16-18-28-20-22(2)24-11-7-4-8-12-24/h3-12,19-20H,13-18H2,1-2H3/b21-19+,22-20+. The minimum atomic E-state index is 0.525. The zero-order valence-electron chi connectivity index (χ0n) is 16.8. The average Bonchev–Trinajstić information content (AvgIpc) is 2.75. The lowest BCUT2D eigenvalue weighted by Gasteiger charge is -2.07. The molecule has 2 rings (SSSR count). The third kappa shape index (κ3) is 8.89. The molecule has 0 heterocycles. The molecule has 0 N–H and O–H groups in total. The van der Waals surface area contributed by atoms with Gasteiger partial charge in [-0.1, -0.05) is 60.7 Å². The predicted octanol–water partition coefficient (Wildman–Crippen LogP) is 5.17. The van der Waals surface area contributed by atoms with Gasteiger partial charge >= 0.3 is 0 Å². The van der Waals surface area contributed by atoms with Gasteiger partial charge in [-0.15, -0.1) is 0 Å². The molecule has 0 bridgehead atoms. The molecule has 4 heteroatoms. The first-order valence-corrected chi connectivity index (χ1v) is 9.60. The normalized spacial score (nSPS) is 12.1. The first kappa shape index (κ1) is 21.7. The molecule has 4 nitrogen and oxygen atoms in total. The van der Waals surface area contributed by atoms with E-state index in [-0.39, 0.29) is 0 Å². The van der Waals surface area contributed by atoms with Gasteiger partial charge in [-0.3, -0.25) is 0 Å². The Morgan fingerprint density at radius 3 is 1.32 bits per heavy atom. The third-order valence-corrected chi connectivity index (χ3v) is 4.04. The summed E-state index contributed by atoms with van der Waals surface area (Å²) in [6.45, 7) is 7.28. The number of benzene rings is 2. The van der Waals surface area contributed by atoms with E-state index in [9.17, 15) is 0 Å². The van der Waals surface area contributed by atoms with Gasteiger partial charge in [0, 0.05) is 0 Å². The van der Waals surface area contributed by atoms with E-state index in [4.69, 9.17) is 18.9 Å². The molecule has 0 aliphatic carbocycles. The molecular formula is C24H30O4. The lowest BCUT2D eigenvalue weighted by atomic mass is 10.1.